The van der Waals surface area contributed by atoms with Gasteiger partial charge in [-0.25, -0.2) is 4.79 Å². The highest BCUT2D eigenvalue weighted by atomic mass is 32.1. The molecule has 0 saturated carbocycles. The Morgan fingerprint density at radius 1 is 1.57 bits per heavy atom. The van der Waals surface area contributed by atoms with E-state index >= 15 is 0 Å². The Hall–Kier alpha value is -0.830. The molecule has 0 aliphatic rings. The van der Waals surface area contributed by atoms with Crippen LogP contribution in [0.2, 0.25) is 0 Å². The first-order valence-corrected chi connectivity index (χ1v) is 5.54. The van der Waals surface area contributed by atoms with Gasteiger partial charge in [0, 0.05) is 4.88 Å². The molecule has 0 N–H and O–H groups in total. The van der Waals surface area contributed by atoms with Gasteiger partial charge < -0.3 is 4.74 Å². The molecule has 0 spiro atoms. The summed E-state index contributed by atoms with van der Waals surface area (Å²) in [4.78, 5) is 13.3. The first-order valence-electron chi connectivity index (χ1n) is 4.72. The Labute approximate surface area is 88.9 Å². The van der Waals surface area contributed by atoms with Gasteiger partial charge in [-0.15, -0.1) is 11.3 Å². The van der Waals surface area contributed by atoms with Crippen molar-refractivity contribution in [2.75, 3.05) is 7.11 Å². The van der Waals surface area contributed by atoms with Gasteiger partial charge in [0.1, 0.15) is 4.88 Å². The van der Waals surface area contributed by atoms with Crippen LogP contribution >= 0.6 is 11.3 Å². The van der Waals surface area contributed by atoms with Crippen molar-refractivity contribution in [2.45, 2.75) is 27.2 Å². The molecule has 0 radical (unpaired) electrons. The van der Waals surface area contributed by atoms with Gasteiger partial charge in [-0.2, -0.15) is 0 Å². The van der Waals surface area contributed by atoms with Crippen molar-refractivity contribution >= 4 is 17.3 Å². The Balaban J connectivity index is 2.96. The van der Waals surface area contributed by atoms with Crippen molar-refractivity contribution in [2.24, 2.45) is 5.92 Å². The number of carbonyl (C=O) groups is 1. The average Bonchev–Trinajstić information content (AvgIpc) is 2.44. The summed E-state index contributed by atoms with van der Waals surface area (Å²) >= 11 is 1.51. The molecule has 1 aromatic rings. The van der Waals surface area contributed by atoms with E-state index in [2.05, 4.69) is 19.9 Å². The van der Waals surface area contributed by atoms with Crippen LogP contribution in [0.1, 0.15) is 34.0 Å². The number of hydrogen-bond acceptors (Lipinski definition) is 3. The molecule has 0 fully saturated rings. The lowest BCUT2D eigenvalue weighted by atomic mass is 10.0. The number of ether oxygens (including phenoxy) is 1. The van der Waals surface area contributed by atoms with E-state index in [0.29, 0.717) is 5.92 Å². The van der Waals surface area contributed by atoms with Crippen LogP contribution in [0.15, 0.2) is 6.07 Å². The second-order valence-electron chi connectivity index (χ2n) is 3.80. The minimum atomic E-state index is -0.209. The summed E-state index contributed by atoms with van der Waals surface area (Å²) in [7, 11) is 1.43. The minimum Gasteiger partial charge on any atom is -0.465 e. The third kappa shape index (κ3) is 2.58. The monoisotopic (exact) mass is 212 g/mol. The number of thiophene rings is 1. The average molecular weight is 212 g/mol. The molecule has 0 saturated heterocycles. The lowest BCUT2D eigenvalue weighted by Crippen LogP contribution is -2.03. The highest BCUT2D eigenvalue weighted by Gasteiger charge is 2.15. The fraction of sp³-hybridized carbons (Fsp3) is 0.545. The van der Waals surface area contributed by atoms with Crippen LogP contribution in [0.3, 0.4) is 0 Å². The van der Waals surface area contributed by atoms with Crippen LogP contribution in [0, 0.1) is 12.8 Å². The first kappa shape index (κ1) is 11.2. The lowest BCUT2D eigenvalue weighted by molar-refractivity contribution is 0.0605. The van der Waals surface area contributed by atoms with E-state index in [-0.39, 0.29) is 5.97 Å². The quantitative estimate of drug-likeness (QED) is 0.720. The van der Waals surface area contributed by atoms with Gasteiger partial charge in [0.2, 0.25) is 0 Å². The molecule has 14 heavy (non-hydrogen) atoms. The van der Waals surface area contributed by atoms with E-state index in [1.54, 1.807) is 0 Å². The summed E-state index contributed by atoms with van der Waals surface area (Å²) in [6.45, 7) is 6.31. The summed E-state index contributed by atoms with van der Waals surface area (Å²) in [6, 6.07) is 2.08. The highest BCUT2D eigenvalue weighted by Crippen LogP contribution is 2.24. The van der Waals surface area contributed by atoms with Gasteiger partial charge in [-0.05, 0) is 30.9 Å². The van der Waals surface area contributed by atoms with Crippen LogP contribution in [0.5, 0.6) is 0 Å². The molecule has 0 bridgehead atoms. The molecule has 0 aliphatic carbocycles. The van der Waals surface area contributed by atoms with Crippen molar-refractivity contribution in [3.05, 3.63) is 21.4 Å². The van der Waals surface area contributed by atoms with Gasteiger partial charge >= 0.3 is 5.97 Å². The molecule has 0 amide bonds. The maximum atomic E-state index is 11.4. The molecule has 1 aromatic heterocycles. The number of hydrogen-bond donors (Lipinski definition) is 0. The predicted molar refractivity (Wildman–Crippen MR) is 58.9 cm³/mol. The van der Waals surface area contributed by atoms with Crippen molar-refractivity contribution in [3.63, 3.8) is 0 Å². The SMILES string of the molecule is COC(=O)c1sc(C)cc1CC(C)C. The molecule has 1 rings (SSSR count). The zero-order valence-corrected chi connectivity index (χ0v) is 9.90. The molecular weight excluding hydrogens is 196 g/mol. The summed E-state index contributed by atoms with van der Waals surface area (Å²) in [6.07, 6.45) is 0.939. The molecule has 1 heterocycles. The summed E-state index contributed by atoms with van der Waals surface area (Å²) < 4.78 is 4.74. The largest absolute Gasteiger partial charge is 0.465 e. The van der Waals surface area contributed by atoms with E-state index in [0.717, 1.165) is 16.9 Å². The molecule has 2 nitrogen and oxygen atoms in total. The number of rotatable bonds is 3. The fourth-order valence-corrected chi connectivity index (χ4v) is 2.39. The second-order valence-corrected chi connectivity index (χ2v) is 5.06. The van der Waals surface area contributed by atoms with Crippen LogP contribution in [-0.2, 0) is 11.2 Å². The van der Waals surface area contributed by atoms with Crippen molar-refractivity contribution in [1.29, 1.82) is 0 Å². The van der Waals surface area contributed by atoms with Gasteiger partial charge in [0.05, 0.1) is 7.11 Å². The topological polar surface area (TPSA) is 26.3 Å². The normalized spacial score (nSPS) is 10.6. The van der Waals surface area contributed by atoms with Crippen molar-refractivity contribution in [3.8, 4) is 0 Å². The number of methoxy groups -OCH3 is 1. The number of esters is 1. The number of carbonyl (C=O) groups excluding carboxylic acids is 1. The molecule has 0 unspecified atom stereocenters. The molecule has 3 heteroatoms. The van der Waals surface area contributed by atoms with E-state index in [1.807, 2.05) is 6.92 Å². The predicted octanol–water partition coefficient (Wildman–Crippen LogP) is 3.04. The molecular formula is C11H16O2S. The maximum absolute atomic E-state index is 11.4. The van der Waals surface area contributed by atoms with Crippen LogP contribution in [0.25, 0.3) is 0 Å². The van der Waals surface area contributed by atoms with Crippen LogP contribution in [-0.4, -0.2) is 13.1 Å². The minimum absolute atomic E-state index is 0.209. The second kappa shape index (κ2) is 4.60. The Bertz CT molecular complexity index is 326. The van der Waals surface area contributed by atoms with Crippen molar-refractivity contribution < 1.29 is 9.53 Å². The lowest BCUT2D eigenvalue weighted by Gasteiger charge is -2.04. The molecule has 0 atom stereocenters. The van der Waals surface area contributed by atoms with Gasteiger partial charge in [-0.3, -0.25) is 0 Å². The van der Waals surface area contributed by atoms with Crippen LogP contribution < -0.4 is 0 Å². The van der Waals surface area contributed by atoms with Crippen LogP contribution in [0.4, 0.5) is 0 Å². The summed E-state index contributed by atoms with van der Waals surface area (Å²) in [5, 5.41) is 0. The third-order valence-corrected chi connectivity index (χ3v) is 3.00. The molecule has 0 aromatic carbocycles. The van der Waals surface area contributed by atoms with Gasteiger partial charge in [-0.1, -0.05) is 13.8 Å². The first-order chi connectivity index (χ1) is 6.54. The Morgan fingerprint density at radius 2 is 2.21 bits per heavy atom. The van der Waals surface area contributed by atoms with E-state index in [4.69, 9.17) is 4.74 Å². The Kier molecular flexibility index (Phi) is 3.69. The summed E-state index contributed by atoms with van der Waals surface area (Å²) in [5.41, 5.74) is 1.12. The standard InChI is InChI=1S/C11H16O2S/c1-7(2)5-9-6-8(3)14-10(9)11(12)13-4/h6-7H,5H2,1-4H3. The summed E-state index contributed by atoms with van der Waals surface area (Å²) in [5.74, 6) is 0.353. The highest BCUT2D eigenvalue weighted by molar-refractivity contribution is 7.14. The zero-order chi connectivity index (χ0) is 10.7. The zero-order valence-electron chi connectivity index (χ0n) is 9.09. The maximum Gasteiger partial charge on any atom is 0.348 e. The third-order valence-electron chi connectivity index (χ3n) is 1.93. The fourth-order valence-electron chi connectivity index (χ4n) is 1.42. The van der Waals surface area contributed by atoms with Gasteiger partial charge in [0.25, 0.3) is 0 Å². The van der Waals surface area contributed by atoms with Crippen molar-refractivity contribution in [1.82, 2.24) is 0 Å². The Morgan fingerprint density at radius 3 is 2.71 bits per heavy atom. The van der Waals surface area contributed by atoms with E-state index in [1.165, 1.54) is 23.3 Å². The smallest absolute Gasteiger partial charge is 0.348 e. The van der Waals surface area contributed by atoms with E-state index < -0.39 is 0 Å². The molecule has 0 aliphatic heterocycles. The van der Waals surface area contributed by atoms with E-state index in [9.17, 15) is 4.79 Å². The number of aryl methyl sites for hydroxylation is 1. The molecule has 78 valence electrons. The van der Waals surface area contributed by atoms with Gasteiger partial charge in [0.15, 0.2) is 0 Å².